The highest BCUT2D eigenvalue weighted by molar-refractivity contribution is 6.07. The topological polar surface area (TPSA) is 92.5 Å². The maximum absolute atomic E-state index is 12.5. The number of fused-ring (bicyclic) bond motifs is 2. The van der Waals surface area contributed by atoms with E-state index < -0.39 is 6.04 Å². The van der Waals surface area contributed by atoms with E-state index in [9.17, 15) is 14.4 Å². The molecule has 0 aromatic heterocycles. The average Bonchev–Trinajstić information content (AvgIpc) is 3.04. The number of amides is 3. The van der Waals surface area contributed by atoms with E-state index in [-0.39, 0.29) is 42.1 Å². The van der Waals surface area contributed by atoms with Crippen molar-refractivity contribution < 1.29 is 14.4 Å². The molecule has 1 heterocycles. The third-order valence-electron chi connectivity index (χ3n) is 5.30. The molecule has 3 rings (SSSR count). The fraction of sp³-hybridized carbons (Fsp3) is 0.800. The first kappa shape index (κ1) is 14.5. The van der Waals surface area contributed by atoms with Gasteiger partial charge in [-0.15, -0.1) is 0 Å². The number of imide groups is 1. The van der Waals surface area contributed by atoms with Crippen LogP contribution in [0.3, 0.4) is 0 Å². The first-order chi connectivity index (χ1) is 9.90. The zero-order chi connectivity index (χ0) is 15.3. The molecule has 0 aromatic rings. The molecule has 1 aliphatic heterocycles. The molecule has 3 aliphatic rings. The zero-order valence-corrected chi connectivity index (χ0v) is 12.5. The summed E-state index contributed by atoms with van der Waals surface area (Å²) in [5.74, 6) is -0.0546. The smallest absolute Gasteiger partial charge is 0.252 e. The van der Waals surface area contributed by atoms with Crippen molar-refractivity contribution in [3.05, 3.63) is 0 Å². The van der Waals surface area contributed by atoms with Gasteiger partial charge in [0.1, 0.15) is 6.04 Å². The van der Waals surface area contributed by atoms with Crippen LogP contribution in [0.25, 0.3) is 0 Å². The van der Waals surface area contributed by atoms with Crippen LogP contribution in [0, 0.1) is 17.8 Å². The number of nitrogens with two attached hydrogens (primary N) is 1. The van der Waals surface area contributed by atoms with Gasteiger partial charge in [0.05, 0.1) is 12.3 Å². The van der Waals surface area contributed by atoms with E-state index >= 15 is 0 Å². The molecule has 6 heteroatoms. The fourth-order valence-corrected chi connectivity index (χ4v) is 4.30. The first-order valence-electron chi connectivity index (χ1n) is 7.82. The number of nitrogens with one attached hydrogen (secondary N) is 1. The lowest BCUT2D eigenvalue weighted by molar-refractivity contribution is -0.142. The summed E-state index contributed by atoms with van der Waals surface area (Å²) < 4.78 is 0. The van der Waals surface area contributed by atoms with Crippen molar-refractivity contribution in [1.29, 1.82) is 0 Å². The predicted octanol–water partition coefficient (Wildman–Crippen LogP) is 0.0119. The Morgan fingerprint density at radius 2 is 1.95 bits per heavy atom. The number of nitrogens with zero attached hydrogens (tertiary/aromatic N) is 1. The molecule has 5 unspecified atom stereocenters. The number of rotatable bonds is 3. The Kier molecular flexibility index (Phi) is 3.51. The van der Waals surface area contributed by atoms with E-state index in [0.29, 0.717) is 11.8 Å². The average molecular weight is 293 g/mol. The molecule has 2 aliphatic carbocycles. The molecule has 5 atom stereocenters. The quantitative estimate of drug-likeness (QED) is 0.717. The summed E-state index contributed by atoms with van der Waals surface area (Å²) >= 11 is 0. The van der Waals surface area contributed by atoms with Crippen molar-refractivity contribution in [3.63, 3.8) is 0 Å². The maximum atomic E-state index is 12.5. The van der Waals surface area contributed by atoms with E-state index in [1.54, 1.807) is 13.8 Å². The van der Waals surface area contributed by atoms with Crippen LogP contribution in [0.2, 0.25) is 0 Å². The van der Waals surface area contributed by atoms with E-state index in [2.05, 4.69) is 5.32 Å². The molecule has 0 aromatic carbocycles. The lowest BCUT2D eigenvalue weighted by atomic mass is 9.84. The second kappa shape index (κ2) is 5.09. The van der Waals surface area contributed by atoms with Gasteiger partial charge in [0.25, 0.3) is 5.91 Å². The summed E-state index contributed by atoms with van der Waals surface area (Å²) in [5.41, 5.74) is 6.15. The van der Waals surface area contributed by atoms with Crippen LogP contribution in [0.1, 0.15) is 39.5 Å². The Hall–Kier alpha value is -1.43. The Bertz CT molecular complexity index is 489. The summed E-state index contributed by atoms with van der Waals surface area (Å²) in [6.45, 7) is 3.59. The highest BCUT2D eigenvalue weighted by Gasteiger charge is 2.50. The van der Waals surface area contributed by atoms with Gasteiger partial charge in [0.2, 0.25) is 11.8 Å². The van der Waals surface area contributed by atoms with Crippen LogP contribution in [0.4, 0.5) is 0 Å². The van der Waals surface area contributed by atoms with Crippen molar-refractivity contribution in [3.8, 4) is 0 Å². The van der Waals surface area contributed by atoms with Crippen molar-refractivity contribution in [2.24, 2.45) is 23.5 Å². The molecule has 2 saturated carbocycles. The van der Waals surface area contributed by atoms with Gasteiger partial charge in [-0.2, -0.15) is 0 Å². The van der Waals surface area contributed by atoms with Crippen molar-refractivity contribution in [2.75, 3.05) is 0 Å². The van der Waals surface area contributed by atoms with Gasteiger partial charge in [-0.05, 0) is 44.9 Å². The molecule has 1 saturated heterocycles. The zero-order valence-electron chi connectivity index (χ0n) is 12.5. The molecule has 2 bridgehead atoms. The van der Waals surface area contributed by atoms with Crippen LogP contribution in [-0.2, 0) is 14.4 Å². The molecule has 0 spiro atoms. The summed E-state index contributed by atoms with van der Waals surface area (Å²) in [4.78, 5) is 37.8. The lowest BCUT2D eigenvalue weighted by Crippen LogP contribution is -2.50. The molecule has 3 fully saturated rings. The van der Waals surface area contributed by atoms with Crippen LogP contribution in [0.5, 0.6) is 0 Å². The van der Waals surface area contributed by atoms with E-state index in [1.807, 2.05) is 0 Å². The highest BCUT2D eigenvalue weighted by atomic mass is 16.2. The van der Waals surface area contributed by atoms with Gasteiger partial charge >= 0.3 is 0 Å². The number of hydrogen-bond donors (Lipinski definition) is 2. The normalized spacial score (nSPS) is 38.7. The summed E-state index contributed by atoms with van der Waals surface area (Å²) in [5, 5.41) is 2.77. The third kappa shape index (κ3) is 2.25. The minimum atomic E-state index is -0.710. The lowest BCUT2D eigenvalue weighted by Gasteiger charge is -2.28. The Morgan fingerprint density at radius 1 is 1.29 bits per heavy atom. The van der Waals surface area contributed by atoms with Crippen molar-refractivity contribution in [2.45, 2.75) is 57.7 Å². The molecule has 116 valence electrons. The second-order valence-electron chi connectivity index (χ2n) is 6.90. The fourth-order valence-electron chi connectivity index (χ4n) is 4.30. The second-order valence-corrected chi connectivity index (χ2v) is 6.90. The predicted molar refractivity (Wildman–Crippen MR) is 75.8 cm³/mol. The maximum Gasteiger partial charge on any atom is 0.252 e. The molecular formula is C15H23N3O3. The molecule has 3 N–H and O–H groups in total. The number of carbonyl (C=O) groups excluding carboxylic acids is 3. The van der Waals surface area contributed by atoms with Crippen LogP contribution in [0.15, 0.2) is 0 Å². The van der Waals surface area contributed by atoms with Crippen LogP contribution in [-0.4, -0.2) is 40.7 Å². The Balaban J connectivity index is 1.66. The summed E-state index contributed by atoms with van der Waals surface area (Å²) in [6, 6.07) is -0.979. The molecule has 3 amide bonds. The summed E-state index contributed by atoms with van der Waals surface area (Å²) in [7, 11) is 0. The monoisotopic (exact) mass is 293 g/mol. The van der Waals surface area contributed by atoms with Gasteiger partial charge in [-0.3, -0.25) is 19.3 Å². The van der Waals surface area contributed by atoms with Crippen LogP contribution < -0.4 is 11.1 Å². The SMILES string of the molecule is CC(C)N1C(=O)CC(NC(=O)C2C3CCC(C3)C2N)C1=O. The minimum absolute atomic E-state index is 0.0683. The van der Waals surface area contributed by atoms with Gasteiger partial charge in [0.15, 0.2) is 0 Å². The van der Waals surface area contributed by atoms with Gasteiger partial charge in [-0.25, -0.2) is 0 Å². The number of hydrogen-bond acceptors (Lipinski definition) is 4. The van der Waals surface area contributed by atoms with E-state index in [4.69, 9.17) is 5.73 Å². The van der Waals surface area contributed by atoms with Crippen molar-refractivity contribution >= 4 is 17.7 Å². The third-order valence-corrected chi connectivity index (χ3v) is 5.30. The minimum Gasteiger partial charge on any atom is -0.343 e. The van der Waals surface area contributed by atoms with E-state index in [0.717, 1.165) is 19.3 Å². The first-order valence-corrected chi connectivity index (χ1v) is 7.82. The van der Waals surface area contributed by atoms with Crippen LogP contribution >= 0.6 is 0 Å². The molecule has 21 heavy (non-hydrogen) atoms. The molecular weight excluding hydrogens is 270 g/mol. The van der Waals surface area contributed by atoms with E-state index in [1.165, 1.54) is 4.90 Å². The number of carbonyl (C=O) groups is 3. The Morgan fingerprint density at radius 3 is 2.48 bits per heavy atom. The summed E-state index contributed by atoms with van der Waals surface area (Å²) in [6.07, 6.45) is 3.25. The molecule has 6 nitrogen and oxygen atoms in total. The standard InChI is InChI=1S/C15H23N3O3/c1-7(2)18-11(19)6-10(15(18)21)17-14(20)12-8-3-4-9(5-8)13(12)16/h7-10,12-13H,3-6,16H2,1-2H3,(H,17,20). The van der Waals surface area contributed by atoms with Crippen molar-refractivity contribution in [1.82, 2.24) is 10.2 Å². The highest BCUT2D eigenvalue weighted by Crippen LogP contribution is 2.47. The Labute approximate surface area is 124 Å². The van der Waals surface area contributed by atoms with Gasteiger partial charge in [0, 0.05) is 12.1 Å². The number of likely N-dealkylation sites (tertiary alicyclic amines) is 1. The largest absolute Gasteiger partial charge is 0.343 e. The molecule has 0 radical (unpaired) electrons. The van der Waals surface area contributed by atoms with Gasteiger partial charge < -0.3 is 11.1 Å². The van der Waals surface area contributed by atoms with Gasteiger partial charge in [-0.1, -0.05) is 0 Å².